The van der Waals surface area contributed by atoms with Crippen molar-refractivity contribution < 1.29 is 19.2 Å². The number of esters is 1. The van der Waals surface area contributed by atoms with Crippen molar-refractivity contribution in [1.82, 2.24) is 9.78 Å². The van der Waals surface area contributed by atoms with Crippen molar-refractivity contribution in [3.8, 4) is 17.0 Å². The maximum absolute atomic E-state index is 12.0. The Labute approximate surface area is 174 Å². The first-order valence-electron chi connectivity index (χ1n) is 9.50. The molecule has 0 saturated carbocycles. The molecule has 8 nitrogen and oxygen atoms in total. The summed E-state index contributed by atoms with van der Waals surface area (Å²) in [4.78, 5) is 22.5. The van der Waals surface area contributed by atoms with Crippen LogP contribution in [0.3, 0.4) is 0 Å². The molecule has 156 valence electrons. The molecule has 0 bridgehead atoms. The molecule has 0 saturated heterocycles. The van der Waals surface area contributed by atoms with Crippen LogP contribution < -0.4 is 4.74 Å². The quantitative estimate of drug-likeness (QED) is 0.312. The monoisotopic (exact) mass is 409 g/mol. The first-order chi connectivity index (χ1) is 14.4. The van der Waals surface area contributed by atoms with Crippen LogP contribution in [-0.2, 0) is 11.3 Å². The van der Waals surface area contributed by atoms with E-state index in [9.17, 15) is 14.9 Å². The highest BCUT2D eigenvalue weighted by molar-refractivity contribution is 5.88. The lowest BCUT2D eigenvalue weighted by atomic mass is 10.1. The van der Waals surface area contributed by atoms with Crippen LogP contribution in [0.25, 0.3) is 11.3 Å². The van der Waals surface area contributed by atoms with Gasteiger partial charge in [0.15, 0.2) is 5.69 Å². The van der Waals surface area contributed by atoms with Gasteiger partial charge >= 0.3 is 5.97 Å². The number of rotatable bonds is 8. The molecule has 0 aliphatic rings. The minimum atomic E-state index is -0.536. The molecule has 0 fully saturated rings. The second kappa shape index (κ2) is 9.21. The SMILES string of the molecule is COC(=O)c1cc(-c2cccc(OCC(C)C)c2)n(Cc2ccc([N+](=O)[O-])cc2)n1. The first-order valence-corrected chi connectivity index (χ1v) is 9.50. The Morgan fingerprint density at radius 1 is 1.17 bits per heavy atom. The summed E-state index contributed by atoms with van der Waals surface area (Å²) in [5, 5.41) is 15.3. The number of non-ortho nitro benzene ring substituents is 1. The summed E-state index contributed by atoms with van der Waals surface area (Å²) in [7, 11) is 1.30. The fourth-order valence-electron chi connectivity index (χ4n) is 2.88. The number of nitro benzene ring substituents is 1. The second-order valence-corrected chi connectivity index (χ2v) is 7.22. The maximum Gasteiger partial charge on any atom is 0.358 e. The van der Waals surface area contributed by atoms with E-state index in [1.165, 1.54) is 19.2 Å². The van der Waals surface area contributed by atoms with Gasteiger partial charge in [0.1, 0.15) is 5.75 Å². The summed E-state index contributed by atoms with van der Waals surface area (Å²) in [6.45, 7) is 5.08. The number of ether oxygens (including phenoxy) is 2. The highest BCUT2D eigenvalue weighted by Gasteiger charge is 2.17. The van der Waals surface area contributed by atoms with E-state index in [1.807, 2.05) is 24.3 Å². The number of carbonyl (C=O) groups is 1. The van der Waals surface area contributed by atoms with Crippen molar-refractivity contribution in [2.24, 2.45) is 5.92 Å². The van der Waals surface area contributed by atoms with Crippen molar-refractivity contribution in [2.45, 2.75) is 20.4 Å². The summed E-state index contributed by atoms with van der Waals surface area (Å²) >= 11 is 0. The van der Waals surface area contributed by atoms with Crippen LogP contribution in [-0.4, -0.2) is 34.4 Å². The lowest BCUT2D eigenvalue weighted by Crippen LogP contribution is -2.07. The largest absolute Gasteiger partial charge is 0.493 e. The number of methoxy groups -OCH3 is 1. The zero-order chi connectivity index (χ0) is 21.7. The van der Waals surface area contributed by atoms with Gasteiger partial charge in [0, 0.05) is 17.7 Å². The van der Waals surface area contributed by atoms with Crippen LogP contribution in [0.1, 0.15) is 29.9 Å². The zero-order valence-corrected chi connectivity index (χ0v) is 17.1. The van der Waals surface area contributed by atoms with Crippen molar-refractivity contribution >= 4 is 11.7 Å². The van der Waals surface area contributed by atoms with E-state index in [0.717, 1.165) is 16.9 Å². The predicted molar refractivity (Wildman–Crippen MR) is 112 cm³/mol. The van der Waals surface area contributed by atoms with E-state index in [2.05, 4.69) is 18.9 Å². The number of benzene rings is 2. The van der Waals surface area contributed by atoms with Gasteiger partial charge in [0.05, 0.1) is 30.9 Å². The molecular weight excluding hydrogens is 386 g/mol. The van der Waals surface area contributed by atoms with Crippen LogP contribution in [0.2, 0.25) is 0 Å². The molecule has 0 radical (unpaired) electrons. The van der Waals surface area contributed by atoms with Gasteiger partial charge in [-0.3, -0.25) is 14.8 Å². The van der Waals surface area contributed by atoms with Gasteiger partial charge in [-0.15, -0.1) is 0 Å². The lowest BCUT2D eigenvalue weighted by Gasteiger charge is -2.11. The number of hydrogen-bond donors (Lipinski definition) is 0. The highest BCUT2D eigenvalue weighted by atomic mass is 16.6. The number of aromatic nitrogens is 2. The summed E-state index contributed by atoms with van der Waals surface area (Å²) in [6.07, 6.45) is 0. The second-order valence-electron chi connectivity index (χ2n) is 7.22. The van der Waals surface area contributed by atoms with Crippen LogP contribution in [0.4, 0.5) is 5.69 Å². The Balaban J connectivity index is 1.95. The molecule has 8 heteroatoms. The van der Waals surface area contributed by atoms with Gasteiger partial charge < -0.3 is 9.47 Å². The van der Waals surface area contributed by atoms with Crippen LogP contribution in [0, 0.1) is 16.0 Å². The van der Waals surface area contributed by atoms with Crippen LogP contribution in [0.15, 0.2) is 54.6 Å². The fourth-order valence-corrected chi connectivity index (χ4v) is 2.88. The normalized spacial score (nSPS) is 10.8. The van der Waals surface area contributed by atoms with Crippen molar-refractivity contribution in [3.05, 3.63) is 76.0 Å². The third-order valence-corrected chi connectivity index (χ3v) is 4.37. The molecule has 3 aromatic rings. The molecule has 0 spiro atoms. The molecular formula is C22H23N3O5. The Morgan fingerprint density at radius 2 is 1.90 bits per heavy atom. The van der Waals surface area contributed by atoms with Gasteiger partial charge in [-0.05, 0) is 29.7 Å². The van der Waals surface area contributed by atoms with Crippen LogP contribution >= 0.6 is 0 Å². The fraction of sp³-hybridized carbons (Fsp3) is 0.273. The van der Waals surface area contributed by atoms with E-state index < -0.39 is 10.9 Å². The standard InChI is InChI=1S/C22H23N3O5/c1-15(2)14-30-19-6-4-5-17(11-19)21-12-20(22(26)29-3)23-24(21)13-16-7-9-18(10-8-16)25(27)28/h4-12,15H,13-14H2,1-3H3. The third kappa shape index (κ3) is 5.02. The molecule has 3 rings (SSSR count). The Hall–Kier alpha value is -3.68. The van der Waals surface area contributed by atoms with Gasteiger partial charge in [0.2, 0.25) is 0 Å². The predicted octanol–water partition coefficient (Wildman–Crippen LogP) is 4.33. The minimum absolute atomic E-state index is 0.0182. The van der Waals surface area contributed by atoms with E-state index in [-0.39, 0.29) is 11.4 Å². The summed E-state index contributed by atoms with van der Waals surface area (Å²) in [5.41, 5.74) is 2.56. The average molecular weight is 409 g/mol. The molecule has 0 amide bonds. The Kier molecular flexibility index (Phi) is 6.46. The van der Waals surface area contributed by atoms with E-state index in [4.69, 9.17) is 9.47 Å². The van der Waals surface area contributed by atoms with Crippen molar-refractivity contribution in [2.75, 3.05) is 13.7 Å². The van der Waals surface area contributed by atoms with Gasteiger partial charge in [0.25, 0.3) is 5.69 Å². The molecule has 0 unspecified atom stereocenters. The van der Waals surface area contributed by atoms with E-state index in [1.54, 1.807) is 22.9 Å². The number of carbonyl (C=O) groups excluding carboxylic acids is 1. The molecule has 0 aliphatic heterocycles. The molecule has 1 aromatic heterocycles. The van der Waals surface area contributed by atoms with Crippen LogP contribution in [0.5, 0.6) is 5.75 Å². The van der Waals surface area contributed by atoms with E-state index >= 15 is 0 Å². The Bertz CT molecular complexity index is 1040. The topological polar surface area (TPSA) is 96.5 Å². The summed E-state index contributed by atoms with van der Waals surface area (Å²) in [6, 6.07) is 15.5. The number of nitrogens with zero attached hydrogens (tertiary/aromatic N) is 3. The molecule has 0 aliphatic carbocycles. The lowest BCUT2D eigenvalue weighted by molar-refractivity contribution is -0.384. The van der Waals surface area contributed by atoms with Crippen molar-refractivity contribution in [3.63, 3.8) is 0 Å². The maximum atomic E-state index is 12.0. The molecule has 0 N–H and O–H groups in total. The van der Waals surface area contributed by atoms with Gasteiger partial charge in [-0.1, -0.05) is 38.1 Å². The Morgan fingerprint density at radius 3 is 2.53 bits per heavy atom. The summed E-state index contributed by atoms with van der Waals surface area (Å²) < 4.78 is 12.3. The smallest absolute Gasteiger partial charge is 0.358 e. The molecule has 2 aromatic carbocycles. The average Bonchev–Trinajstić information content (AvgIpc) is 3.16. The van der Waals surface area contributed by atoms with Gasteiger partial charge in [-0.2, -0.15) is 5.10 Å². The number of hydrogen-bond acceptors (Lipinski definition) is 6. The summed E-state index contributed by atoms with van der Waals surface area (Å²) in [5.74, 6) is 0.585. The number of nitro groups is 1. The third-order valence-electron chi connectivity index (χ3n) is 4.37. The minimum Gasteiger partial charge on any atom is -0.493 e. The zero-order valence-electron chi connectivity index (χ0n) is 17.1. The van der Waals surface area contributed by atoms with Gasteiger partial charge in [-0.25, -0.2) is 4.79 Å². The van der Waals surface area contributed by atoms with E-state index in [0.29, 0.717) is 24.8 Å². The molecule has 1 heterocycles. The molecule has 30 heavy (non-hydrogen) atoms. The highest BCUT2D eigenvalue weighted by Crippen LogP contribution is 2.26. The molecule has 0 atom stereocenters. The van der Waals surface area contributed by atoms with Crippen molar-refractivity contribution in [1.29, 1.82) is 0 Å². The first kappa shape index (κ1) is 21.0.